The van der Waals surface area contributed by atoms with Gasteiger partial charge >= 0.3 is 31.6 Å². The summed E-state index contributed by atoms with van der Waals surface area (Å²) in [7, 11) is -6.44. The van der Waals surface area contributed by atoms with E-state index in [-0.39, 0.29) is 18.9 Å². The SMILES string of the molecule is O=P([O-])(OC(F)(F)F)OC(F)(F)F.[Li+]. The van der Waals surface area contributed by atoms with E-state index in [0.717, 1.165) is 0 Å². The van der Waals surface area contributed by atoms with Crippen LogP contribution < -0.4 is 23.8 Å². The third kappa shape index (κ3) is 10.4. The predicted octanol–water partition coefficient (Wildman–Crippen LogP) is -1.47. The standard InChI is InChI=1S/C2HF6O4P.Li/c3-1(4,5)11-13(9,10)12-2(6,7)8;/h(H,9,10);/q;+1/p-1. The molecule has 12 heteroatoms. The minimum Gasteiger partial charge on any atom is -0.756 e. The Bertz CT molecular complexity index is 203. The van der Waals surface area contributed by atoms with Crippen molar-refractivity contribution in [3.8, 4) is 0 Å². The van der Waals surface area contributed by atoms with E-state index in [0.29, 0.717) is 0 Å². The fourth-order valence-electron chi connectivity index (χ4n) is 0.272. The first-order valence-electron chi connectivity index (χ1n) is 2.27. The second-order valence-electron chi connectivity index (χ2n) is 1.52. The Balaban J connectivity index is 0. The minimum absolute atomic E-state index is 0. The molecule has 80 valence electrons. The maximum absolute atomic E-state index is 11.1. The van der Waals surface area contributed by atoms with Gasteiger partial charge < -0.3 is 4.89 Å². The quantitative estimate of drug-likeness (QED) is 0.336. The Morgan fingerprint density at radius 3 is 1.29 bits per heavy atom. The Kier molecular flexibility index (Phi) is 5.82. The van der Waals surface area contributed by atoms with E-state index < -0.39 is 20.5 Å². The zero-order valence-electron chi connectivity index (χ0n) is 6.35. The predicted molar refractivity (Wildman–Crippen MR) is 21.9 cm³/mol. The van der Waals surface area contributed by atoms with E-state index in [1.54, 1.807) is 0 Å². The molecule has 0 spiro atoms. The van der Waals surface area contributed by atoms with Crippen LogP contribution in [0.5, 0.6) is 0 Å². The van der Waals surface area contributed by atoms with Gasteiger partial charge in [0, 0.05) is 0 Å². The molecule has 0 heterocycles. The zero-order valence-corrected chi connectivity index (χ0v) is 7.24. The maximum Gasteiger partial charge on any atom is 1.00 e. The first kappa shape index (κ1) is 16.7. The second kappa shape index (κ2) is 4.87. The number of phosphoric ester groups is 1. The third-order valence-corrected chi connectivity index (χ3v) is 1.29. The van der Waals surface area contributed by atoms with Crippen molar-refractivity contribution >= 4 is 7.82 Å². The molecule has 14 heavy (non-hydrogen) atoms. The molecule has 0 rings (SSSR count). The van der Waals surface area contributed by atoms with Crippen LogP contribution in [-0.2, 0) is 13.6 Å². The molecule has 0 aliphatic rings. The summed E-state index contributed by atoms with van der Waals surface area (Å²) in [6.45, 7) is 0. The van der Waals surface area contributed by atoms with Crippen molar-refractivity contribution in [3.05, 3.63) is 0 Å². The van der Waals surface area contributed by atoms with Crippen LogP contribution in [0.2, 0.25) is 0 Å². The summed E-state index contributed by atoms with van der Waals surface area (Å²) in [5, 5.41) is 0. The van der Waals surface area contributed by atoms with Gasteiger partial charge in [0.25, 0.3) is 7.82 Å². The Morgan fingerprint density at radius 2 is 1.14 bits per heavy atom. The number of rotatable bonds is 2. The van der Waals surface area contributed by atoms with Gasteiger partial charge in [0.1, 0.15) is 0 Å². The number of hydrogen-bond acceptors (Lipinski definition) is 4. The molecule has 0 saturated heterocycles. The van der Waals surface area contributed by atoms with Gasteiger partial charge in [-0.25, -0.2) is 9.05 Å². The minimum atomic E-state index is -6.44. The van der Waals surface area contributed by atoms with E-state index >= 15 is 0 Å². The molecule has 0 N–H and O–H groups in total. The van der Waals surface area contributed by atoms with Crippen LogP contribution >= 0.6 is 7.82 Å². The molecule has 0 aliphatic carbocycles. The molecular formula is C2F6LiO4P. The molecule has 0 atom stereocenters. The van der Waals surface area contributed by atoms with Crippen LogP contribution in [0, 0.1) is 0 Å². The van der Waals surface area contributed by atoms with Crippen molar-refractivity contribution in [2.24, 2.45) is 0 Å². The molecule has 0 aromatic rings. The van der Waals surface area contributed by atoms with Crippen LogP contribution in [0.3, 0.4) is 0 Å². The van der Waals surface area contributed by atoms with Gasteiger partial charge in [-0.3, -0.25) is 4.57 Å². The van der Waals surface area contributed by atoms with E-state index in [4.69, 9.17) is 0 Å². The molecule has 0 amide bonds. The molecular weight excluding hydrogens is 240 g/mol. The van der Waals surface area contributed by atoms with Crippen LogP contribution in [0.1, 0.15) is 0 Å². The summed E-state index contributed by atoms with van der Waals surface area (Å²) in [5.74, 6) is 0. The summed E-state index contributed by atoms with van der Waals surface area (Å²) >= 11 is 0. The summed E-state index contributed by atoms with van der Waals surface area (Å²) in [6, 6.07) is 0. The monoisotopic (exact) mass is 240 g/mol. The van der Waals surface area contributed by atoms with Crippen molar-refractivity contribution in [1.29, 1.82) is 0 Å². The van der Waals surface area contributed by atoms with Gasteiger partial charge in [0.05, 0.1) is 0 Å². The Labute approximate surface area is 85.0 Å². The van der Waals surface area contributed by atoms with Gasteiger partial charge in [-0.05, 0) is 0 Å². The number of halogens is 6. The first-order valence-corrected chi connectivity index (χ1v) is 3.73. The van der Waals surface area contributed by atoms with Crippen molar-refractivity contribution in [3.63, 3.8) is 0 Å². The van der Waals surface area contributed by atoms with Gasteiger partial charge in [-0.2, -0.15) is 0 Å². The maximum atomic E-state index is 11.1. The molecule has 0 saturated carbocycles. The van der Waals surface area contributed by atoms with Gasteiger partial charge in [0.2, 0.25) is 0 Å². The number of phosphoric acid groups is 1. The van der Waals surface area contributed by atoms with Crippen LogP contribution in [0.25, 0.3) is 0 Å². The number of hydrogen-bond donors (Lipinski definition) is 0. The topological polar surface area (TPSA) is 58.6 Å². The average Bonchev–Trinajstić information content (AvgIpc) is 1.43. The summed E-state index contributed by atoms with van der Waals surface area (Å²) in [5.41, 5.74) is 0. The Morgan fingerprint density at radius 1 is 0.929 bits per heavy atom. The smallest absolute Gasteiger partial charge is 0.756 e. The van der Waals surface area contributed by atoms with Gasteiger partial charge in [-0.15, -0.1) is 26.3 Å². The van der Waals surface area contributed by atoms with Crippen molar-refractivity contribution in [2.45, 2.75) is 12.7 Å². The third-order valence-electron chi connectivity index (χ3n) is 0.431. The van der Waals surface area contributed by atoms with Gasteiger partial charge in [0.15, 0.2) is 0 Å². The molecule has 4 nitrogen and oxygen atoms in total. The molecule has 0 bridgehead atoms. The fraction of sp³-hybridized carbons (Fsp3) is 1.00. The molecule has 0 aromatic heterocycles. The van der Waals surface area contributed by atoms with Gasteiger partial charge in [-0.1, -0.05) is 0 Å². The largest absolute Gasteiger partial charge is 1.00 e. The van der Waals surface area contributed by atoms with Crippen LogP contribution in [0.15, 0.2) is 0 Å². The molecule has 0 radical (unpaired) electrons. The summed E-state index contributed by atoms with van der Waals surface area (Å²) in [6.07, 6.45) is -11.5. The van der Waals surface area contributed by atoms with E-state index in [1.165, 1.54) is 0 Å². The fourth-order valence-corrected chi connectivity index (χ4v) is 0.817. The Hall–Kier alpha value is 0.287. The second-order valence-corrected chi connectivity index (χ2v) is 2.78. The number of alkyl halides is 6. The average molecular weight is 240 g/mol. The van der Waals surface area contributed by atoms with Crippen LogP contribution in [0.4, 0.5) is 26.3 Å². The molecule has 0 fully saturated rings. The summed E-state index contributed by atoms with van der Waals surface area (Å²) < 4.78 is 80.4. The summed E-state index contributed by atoms with van der Waals surface area (Å²) in [4.78, 5) is 9.81. The van der Waals surface area contributed by atoms with E-state index in [1.807, 2.05) is 0 Å². The van der Waals surface area contributed by atoms with E-state index in [2.05, 4.69) is 9.05 Å². The van der Waals surface area contributed by atoms with Crippen LogP contribution in [-0.4, -0.2) is 12.7 Å². The molecule has 0 aromatic carbocycles. The van der Waals surface area contributed by atoms with Crippen molar-refractivity contribution in [1.82, 2.24) is 0 Å². The molecule has 0 aliphatic heterocycles. The van der Waals surface area contributed by atoms with E-state index in [9.17, 15) is 35.8 Å². The van der Waals surface area contributed by atoms with Crippen molar-refractivity contribution in [2.75, 3.05) is 0 Å². The normalized spacial score (nSPS) is 13.6. The molecule has 0 unspecified atom stereocenters. The zero-order chi connectivity index (χ0) is 10.9. The van der Waals surface area contributed by atoms with Crippen molar-refractivity contribution < 1.29 is 63.7 Å². The first-order chi connectivity index (χ1) is 5.41.